The highest BCUT2D eigenvalue weighted by Crippen LogP contribution is 2.44. The number of methoxy groups -OCH3 is 2. The van der Waals surface area contributed by atoms with Crippen LogP contribution in [0.15, 0.2) is 18.2 Å². The fraction of sp³-hybridized carbons (Fsp3) is 0.567. The second-order valence-electron chi connectivity index (χ2n) is 10.5. The Morgan fingerprint density at radius 3 is 2.30 bits per heavy atom. The van der Waals surface area contributed by atoms with Crippen LogP contribution in [0, 0.1) is 20.8 Å². The lowest BCUT2D eigenvalue weighted by Crippen LogP contribution is -2.59. The first kappa shape index (κ1) is 27.3. The summed E-state index contributed by atoms with van der Waals surface area (Å²) in [5.41, 5.74) is 5.91. The molecule has 2 saturated carbocycles. The van der Waals surface area contributed by atoms with Crippen LogP contribution in [0.2, 0.25) is 0 Å². The van der Waals surface area contributed by atoms with Gasteiger partial charge in [0.25, 0.3) is 0 Å². The topological polar surface area (TPSA) is 86.3 Å². The minimum Gasteiger partial charge on any atom is -0.496 e. The van der Waals surface area contributed by atoms with Crippen molar-refractivity contribution in [1.82, 2.24) is 0 Å². The van der Waals surface area contributed by atoms with E-state index in [2.05, 4.69) is 25.2 Å². The number of anilines is 1. The van der Waals surface area contributed by atoms with Crippen LogP contribution in [0.3, 0.4) is 0 Å². The van der Waals surface area contributed by atoms with E-state index in [-0.39, 0.29) is 12.2 Å². The lowest BCUT2D eigenvalue weighted by atomic mass is 9.73. The predicted octanol–water partition coefficient (Wildman–Crippen LogP) is 6.19. The first-order valence-electron chi connectivity index (χ1n) is 13.3. The zero-order chi connectivity index (χ0) is 26.7. The van der Waals surface area contributed by atoms with Crippen molar-refractivity contribution in [1.29, 1.82) is 0 Å². The molecule has 2 aromatic carbocycles. The molecule has 0 atom stereocenters. The van der Waals surface area contributed by atoms with Crippen LogP contribution in [0.1, 0.15) is 67.7 Å². The third-order valence-corrected chi connectivity index (χ3v) is 7.97. The van der Waals surface area contributed by atoms with Gasteiger partial charge in [0.1, 0.15) is 17.0 Å². The molecule has 0 saturated heterocycles. The van der Waals surface area contributed by atoms with Crippen molar-refractivity contribution in [2.45, 2.75) is 90.6 Å². The Morgan fingerprint density at radius 1 is 1.00 bits per heavy atom. The van der Waals surface area contributed by atoms with E-state index in [0.717, 1.165) is 63.4 Å². The van der Waals surface area contributed by atoms with Crippen LogP contribution in [-0.4, -0.2) is 49.6 Å². The fourth-order valence-corrected chi connectivity index (χ4v) is 6.01. The van der Waals surface area contributed by atoms with E-state index >= 15 is 0 Å². The van der Waals surface area contributed by atoms with Gasteiger partial charge in [0.05, 0.1) is 33.0 Å². The fourth-order valence-electron chi connectivity index (χ4n) is 6.01. The molecule has 7 heteroatoms. The van der Waals surface area contributed by atoms with Crippen LogP contribution in [0.25, 0.3) is 11.1 Å². The molecule has 0 radical (unpaired) electrons. The first-order valence-corrected chi connectivity index (χ1v) is 13.3. The largest absolute Gasteiger partial charge is 0.496 e. The average molecular weight is 512 g/mol. The quantitative estimate of drug-likeness (QED) is 0.372. The molecule has 2 aliphatic carbocycles. The maximum absolute atomic E-state index is 12.3. The Kier molecular flexibility index (Phi) is 8.34. The second-order valence-corrected chi connectivity index (χ2v) is 10.5. The Labute approximate surface area is 220 Å². The van der Waals surface area contributed by atoms with Crippen molar-refractivity contribution in [3.63, 3.8) is 0 Å². The maximum Gasteiger partial charge on any atom is 0.329 e. The van der Waals surface area contributed by atoms with Gasteiger partial charge in [-0.05, 0) is 86.6 Å². The van der Waals surface area contributed by atoms with Gasteiger partial charge in [-0.2, -0.15) is 0 Å². The number of carbonyl (C=O) groups is 1. The number of hydrogen-bond acceptors (Lipinski definition) is 6. The van der Waals surface area contributed by atoms with Crippen molar-refractivity contribution < 1.29 is 28.8 Å². The van der Waals surface area contributed by atoms with E-state index in [0.29, 0.717) is 26.1 Å². The SMILES string of the molecule is CCOC1CC(Nc2cc(C)c(-c3cc(OC)c(C)c(OC)c3C)c(COC3CCCC3)c2)(C(=O)O)C1. The van der Waals surface area contributed by atoms with E-state index in [4.69, 9.17) is 18.9 Å². The average Bonchev–Trinajstić information content (AvgIpc) is 3.36. The molecule has 37 heavy (non-hydrogen) atoms. The number of carboxylic acid groups (broad SMARTS) is 1. The number of ether oxygens (including phenoxy) is 4. The Bertz CT molecular complexity index is 1130. The van der Waals surface area contributed by atoms with Crippen molar-refractivity contribution in [3.05, 3.63) is 40.5 Å². The molecule has 2 aliphatic rings. The van der Waals surface area contributed by atoms with E-state index in [9.17, 15) is 9.90 Å². The number of aryl methyl sites for hydroxylation is 1. The number of carboxylic acids is 1. The smallest absolute Gasteiger partial charge is 0.329 e. The van der Waals surface area contributed by atoms with Crippen molar-refractivity contribution in [2.75, 3.05) is 26.1 Å². The number of hydrogen-bond donors (Lipinski definition) is 2. The summed E-state index contributed by atoms with van der Waals surface area (Å²) in [6.45, 7) is 9.10. The van der Waals surface area contributed by atoms with Crippen molar-refractivity contribution >= 4 is 11.7 Å². The van der Waals surface area contributed by atoms with Crippen LogP contribution in [0.5, 0.6) is 11.5 Å². The highest BCUT2D eigenvalue weighted by atomic mass is 16.5. The molecule has 0 unspecified atom stereocenters. The highest BCUT2D eigenvalue weighted by molar-refractivity contribution is 5.86. The van der Waals surface area contributed by atoms with Gasteiger partial charge < -0.3 is 29.4 Å². The number of aliphatic carboxylic acids is 1. The molecule has 0 amide bonds. The van der Waals surface area contributed by atoms with Gasteiger partial charge in [-0.3, -0.25) is 0 Å². The van der Waals surface area contributed by atoms with Gasteiger partial charge in [0, 0.05) is 30.7 Å². The van der Waals surface area contributed by atoms with Crippen molar-refractivity contribution in [3.8, 4) is 22.6 Å². The summed E-state index contributed by atoms with van der Waals surface area (Å²) in [6, 6.07) is 6.15. The summed E-state index contributed by atoms with van der Waals surface area (Å²) in [4.78, 5) is 12.3. The van der Waals surface area contributed by atoms with Crippen molar-refractivity contribution in [2.24, 2.45) is 0 Å². The molecule has 0 bridgehead atoms. The monoisotopic (exact) mass is 511 g/mol. The predicted molar refractivity (Wildman–Crippen MR) is 145 cm³/mol. The van der Waals surface area contributed by atoms with E-state index < -0.39 is 11.5 Å². The minimum absolute atomic E-state index is 0.0331. The summed E-state index contributed by atoms with van der Waals surface area (Å²) >= 11 is 0. The van der Waals surface area contributed by atoms with Crippen LogP contribution < -0.4 is 14.8 Å². The molecule has 4 rings (SSSR count). The van der Waals surface area contributed by atoms with Gasteiger partial charge >= 0.3 is 5.97 Å². The van der Waals surface area contributed by atoms with E-state index in [1.165, 1.54) is 12.8 Å². The Balaban J connectivity index is 1.76. The van der Waals surface area contributed by atoms with Gasteiger partial charge in [0.15, 0.2) is 0 Å². The summed E-state index contributed by atoms with van der Waals surface area (Å²) < 4.78 is 23.5. The number of benzene rings is 2. The minimum atomic E-state index is -1.02. The molecule has 2 fully saturated rings. The molecule has 2 aromatic rings. The highest BCUT2D eigenvalue weighted by Gasteiger charge is 2.51. The third-order valence-electron chi connectivity index (χ3n) is 7.97. The summed E-state index contributed by atoms with van der Waals surface area (Å²) in [5, 5.41) is 13.4. The van der Waals surface area contributed by atoms with Gasteiger partial charge in [-0.15, -0.1) is 0 Å². The summed E-state index contributed by atoms with van der Waals surface area (Å²) in [7, 11) is 3.35. The molecule has 7 nitrogen and oxygen atoms in total. The third kappa shape index (κ3) is 5.43. The molecule has 0 heterocycles. The van der Waals surface area contributed by atoms with E-state index in [1.54, 1.807) is 14.2 Å². The molecule has 0 spiro atoms. The zero-order valence-electron chi connectivity index (χ0n) is 23.0. The lowest BCUT2D eigenvalue weighted by molar-refractivity contribution is -0.152. The van der Waals surface area contributed by atoms with E-state index in [1.807, 2.05) is 26.0 Å². The van der Waals surface area contributed by atoms with Crippen LogP contribution in [0.4, 0.5) is 5.69 Å². The number of rotatable bonds is 11. The van der Waals surface area contributed by atoms with Crippen LogP contribution >= 0.6 is 0 Å². The molecular formula is C30H41NO6. The Hall–Kier alpha value is -2.77. The van der Waals surface area contributed by atoms with Gasteiger partial charge in [-0.1, -0.05) is 12.8 Å². The van der Waals surface area contributed by atoms with Gasteiger partial charge in [0.2, 0.25) is 0 Å². The van der Waals surface area contributed by atoms with Crippen LogP contribution in [-0.2, 0) is 20.9 Å². The summed E-state index contributed by atoms with van der Waals surface area (Å²) in [5.74, 6) is 0.723. The Morgan fingerprint density at radius 2 is 1.70 bits per heavy atom. The first-order chi connectivity index (χ1) is 17.7. The normalized spacial score (nSPS) is 21.5. The van der Waals surface area contributed by atoms with Gasteiger partial charge in [-0.25, -0.2) is 4.79 Å². The summed E-state index contributed by atoms with van der Waals surface area (Å²) in [6.07, 6.45) is 5.67. The number of nitrogens with one attached hydrogen (secondary N) is 1. The molecule has 0 aromatic heterocycles. The molecular weight excluding hydrogens is 470 g/mol. The zero-order valence-corrected chi connectivity index (χ0v) is 23.0. The standard InChI is InChI=1S/C30H41NO6/c1-7-36-24-15-30(16-24,29(32)33)31-22-12-18(2)27(21(13-22)17-37-23-10-8-9-11-23)25-14-26(34-5)20(4)28(35-6)19(25)3/h12-14,23-24,31H,7-11,15-17H2,1-6H3,(H,32,33). The molecule has 0 aliphatic heterocycles. The molecule has 2 N–H and O–H groups in total. The maximum atomic E-state index is 12.3. The second kappa shape index (κ2) is 11.3. The lowest BCUT2D eigenvalue weighted by Gasteiger charge is -2.45. The molecule has 202 valence electrons.